The zero-order valence-electron chi connectivity index (χ0n) is 27.3. The first-order chi connectivity index (χ1) is 22.5. The summed E-state index contributed by atoms with van der Waals surface area (Å²) in [4.78, 5) is 26.6. The van der Waals surface area contributed by atoms with Gasteiger partial charge in [0.15, 0.2) is 0 Å². The Morgan fingerprint density at radius 1 is 0.478 bits per heavy atom. The number of unbranched alkanes of at least 4 members (excludes halogenated alkanes) is 7. The van der Waals surface area contributed by atoms with E-state index in [0.29, 0.717) is 17.7 Å². The van der Waals surface area contributed by atoms with Crippen molar-refractivity contribution in [1.29, 1.82) is 0 Å². The van der Waals surface area contributed by atoms with Gasteiger partial charge in [0.2, 0.25) is 0 Å². The first kappa shape index (κ1) is 33.2. The summed E-state index contributed by atoms with van der Waals surface area (Å²) in [5.74, 6) is 2.28. The van der Waals surface area contributed by atoms with E-state index < -0.39 is 7.26 Å². The van der Waals surface area contributed by atoms with Crippen molar-refractivity contribution in [1.82, 2.24) is 4.90 Å². The molecule has 6 nitrogen and oxygen atoms in total. The third-order valence-corrected chi connectivity index (χ3v) is 14.4. The van der Waals surface area contributed by atoms with Gasteiger partial charge >= 0.3 is 230 Å². The van der Waals surface area contributed by atoms with Gasteiger partial charge in [-0.3, -0.25) is 9.59 Å². The number of rotatable bonds is 17. The predicted octanol–water partition coefficient (Wildman–Crippen LogP) is 7.16. The Balaban J connectivity index is 1.18. The van der Waals surface area contributed by atoms with Crippen LogP contribution in [0.4, 0.5) is 0 Å². The van der Waals surface area contributed by atoms with E-state index >= 15 is 0 Å². The normalized spacial score (nSPS) is 13.1. The average Bonchev–Trinajstić information content (AvgIpc) is 3.36. The van der Waals surface area contributed by atoms with Gasteiger partial charge in [-0.25, -0.2) is 0 Å². The Hall–Kier alpha value is -4.15. The number of fused-ring (bicyclic) bond motifs is 1. The van der Waals surface area contributed by atoms with Gasteiger partial charge in [0.1, 0.15) is 0 Å². The molecule has 0 spiro atoms. The Morgan fingerprint density at radius 3 is 1.20 bits per heavy atom. The zero-order chi connectivity index (χ0) is 32.4. The summed E-state index contributed by atoms with van der Waals surface area (Å²) < 4.78 is 16.5. The third kappa shape index (κ3) is 7.29. The molecule has 0 atom stereocenters. The van der Waals surface area contributed by atoms with Crippen molar-refractivity contribution in [2.75, 3.05) is 34.0 Å². The van der Waals surface area contributed by atoms with Gasteiger partial charge in [-0.2, -0.15) is 0 Å². The molecule has 4 aromatic carbocycles. The van der Waals surface area contributed by atoms with Crippen LogP contribution in [0.1, 0.15) is 72.1 Å². The molecule has 0 fully saturated rings. The fourth-order valence-corrected chi connectivity index (χ4v) is 11.6. The molecular formula is C39H46NO5P. The fraction of sp³-hybridized carbons (Fsp3) is 0.333. The van der Waals surface area contributed by atoms with Crippen LogP contribution in [0.25, 0.3) is 0 Å². The fourth-order valence-electron chi connectivity index (χ4n) is 6.72. The number of carbonyl (C=O) groups excluding carboxylic acids is 2. The summed E-state index contributed by atoms with van der Waals surface area (Å²) in [6.07, 6.45) is 9.94. The van der Waals surface area contributed by atoms with Gasteiger partial charge in [-0.15, -0.1) is 0 Å². The molecule has 4 aromatic rings. The monoisotopic (exact) mass is 639 g/mol. The van der Waals surface area contributed by atoms with Crippen LogP contribution >= 0.6 is 7.26 Å². The van der Waals surface area contributed by atoms with Crippen LogP contribution in [0.5, 0.6) is 17.2 Å². The van der Waals surface area contributed by atoms with E-state index in [1.165, 1.54) is 46.5 Å². The molecule has 1 aliphatic heterocycles. The van der Waals surface area contributed by atoms with Gasteiger partial charge in [-0.05, 0) is 12.1 Å². The van der Waals surface area contributed by atoms with Crippen molar-refractivity contribution in [3.8, 4) is 17.2 Å². The molecule has 1 aliphatic rings. The number of methoxy groups -OCH3 is 3. The van der Waals surface area contributed by atoms with Crippen LogP contribution in [0, 0.1) is 0 Å². The topological polar surface area (TPSA) is 65.1 Å². The maximum absolute atomic E-state index is 12.6. The summed E-state index contributed by atoms with van der Waals surface area (Å²) in [6, 6.07) is 33.1. The molecule has 2 amide bonds. The second kappa shape index (κ2) is 15.9. The molecule has 0 radical (unpaired) electrons. The second-order valence-corrected chi connectivity index (χ2v) is 16.0. The molecule has 0 N–H and O–H groups in total. The van der Waals surface area contributed by atoms with Crippen LogP contribution in [0.15, 0.2) is 97.1 Å². The minimum absolute atomic E-state index is 0.154. The van der Waals surface area contributed by atoms with Crippen molar-refractivity contribution >= 4 is 35.0 Å². The van der Waals surface area contributed by atoms with Crippen LogP contribution in [-0.2, 0) is 0 Å². The van der Waals surface area contributed by atoms with Gasteiger partial charge in [0.25, 0.3) is 0 Å². The Bertz CT molecular complexity index is 1430. The van der Waals surface area contributed by atoms with E-state index in [4.69, 9.17) is 14.2 Å². The minimum atomic E-state index is -2.39. The number of amides is 2. The molecule has 1 heterocycles. The van der Waals surface area contributed by atoms with Crippen LogP contribution < -0.4 is 30.1 Å². The number of hydrogen-bond acceptors (Lipinski definition) is 5. The van der Waals surface area contributed by atoms with Crippen LogP contribution in [0.3, 0.4) is 0 Å². The summed E-state index contributed by atoms with van der Waals surface area (Å²) in [5, 5.41) is 4.09. The number of carbonyl (C=O) groups is 2. The van der Waals surface area contributed by atoms with Crippen molar-refractivity contribution in [3.63, 3.8) is 0 Å². The van der Waals surface area contributed by atoms with Crippen LogP contribution in [0.2, 0.25) is 0 Å². The third-order valence-electron chi connectivity index (χ3n) is 9.31. The summed E-state index contributed by atoms with van der Waals surface area (Å²) in [5.41, 5.74) is 1.07. The molecule has 5 rings (SSSR count). The van der Waals surface area contributed by atoms with E-state index in [1.807, 2.05) is 12.1 Å². The molecule has 0 unspecified atom stereocenters. The molecule has 0 aliphatic carbocycles. The van der Waals surface area contributed by atoms with E-state index in [2.05, 4.69) is 72.8 Å². The number of ether oxygens (including phenoxy) is 3. The Morgan fingerprint density at radius 2 is 0.826 bits per heavy atom. The van der Waals surface area contributed by atoms with Crippen molar-refractivity contribution < 1.29 is 23.8 Å². The molecule has 46 heavy (non-hydrogen) atoms. The van der Waals surface area contributed by atoms with Crippen molar-refractivity contribution in [2.45, 2.75) is 51.4 Å². The van der Waals surface area contributed by atoms with E-state index in [1.54, 1.807) is 33.5 Å². The van der Waals surface area contributed by atoms with Crippen LogP contribution in [-0.4, -0.2) is 50.8 Å². The molecule has 0 aromatic heterocycles. The molecule has 0 bridgehead atoms. The van der Waals surface area contributed by atoms with E-state index in [0.717, 1.165) is 49.1 Å². The summed E-state index contributed by atoms with van der Waals surface area (Å²) >= 11 is 0. The van der Waals surface area contributed by atoms with Gasteiger partial charge in [0.05, 0.1) is 11.1 Å². The van der Waals surface area contributed by atoms with Crippen molar-refractivity contribution in [2.24, 2.45) is 0 Å². The zero-order valence-corrected chi connectivity index (χ0v) is 28.3. The standard InChI is InChI=1S/C39H46NO5P/c1-43-30-16-22-33(23-17-30)46(34-24-18-31(44-2)19-25-34,35-26-20-32(45-3)21-27-35)29-13-9-7-5-4-6-8-12-28-40-38(41)36-14-10-11-15-37(36)39(40)42/h10-11,14-27,46H,4-9,12-13,28-29H2,1-3H3. The summed E-state index contributed by atoms with van der Waals surface area (Å²) in [6.45, 7) is 0.501. The first-order valence-corrected chi connectivity index (χ1v) is 18.6. The van der Waals surface area contributed by atoms with Gasteiger partial charge < -0.3 is 0 Å². The average molecular weight is 640 g/mol. The Kier molecular flexibility index (Phi) is 11.5. The van der Waals surface area contributed by atoms with E-state index in [9.17, 15) is 9.59 Å². The first-order valence-electron chi connectivity index (χ1n) is 16.4. The molecule has 0 saturated heterocycles. The number of nitrogens with zero attached hydrogens (tertiary/aromatic N) is 1. The van der Waals surface area contributed by atoms with Crippen molar-refractivity contribution in [3.05, 3.63) is 108 Å². The number of hydrogen-bond donors (Lipinski definition) is 0. The van der Waals surface area contributed by atoms with E-state index in [-0.39, 0.29) is 11.8 Å². The quantitative estimate of drug-likeness (QED) is 0.0698. The maximum atomic E-state index is 12.6. The van der Waals surface area contributed by atoms with Gasteiger partial charge in [-0.1, -0.05) is 12.1 Å². The number of imide groups is 1. The second-order valence-electron chi connectivity index (χ2n) is 12.0. The van der Waals surface area contributed by atoms with Gasteiger partial charge in [0, 0.05) is 0 Å². The SMILES string of the molecule is COc1ccc([PH](CCCCCCCCCCN2C(=O)c3ccccc3C2=O)(c2ccc(OC)cc2)c2ccc(OC)cc2)cc1. The molecule has 7 heteroatoms. The molecule has 242 valence electrons. The molecular weight excluding hydrogens is 593 g/mol. The predicted molar refractivity (Wildman–Crippen MR) is 190 cm³/mol. The summed E-state index contributed by atoms with van der Waals surface area (Å²) in [7, 11) is 2.74. The number of benzene rings is 4. The Labute approximate surface area is 274 Å². The molecule has 0 saturated carbocycles.